The number of carbonyl (C=O) groups is 4. The summed E-state index contributed by atoms with van der Waals surface area (Å²) in [6.07, 6.45) is 4.49. The molecule has 3 unspecified atom stereocenters. The van der Waals surface area contributed by atoms with E-state index in [0.717, 1.165) is 25.7 Å². The van der Waals surface area contributed by atoms with Crippen molar-refractivity contribution in [3.05, 3.63) is 0 Å². The van der Waals surface area contributed by atoms with Crippen LogP contribution in [0.5, 0.6) is 0 Å². The van der Waals surface area contributed by atoms with E-state index in [-0.39, 0.29) is 31.7 Å². The topological polar surface area (TPSA) is 157 Å². The van der Waals surface area contributed by atoms with Crippen LogP contribution in [0.4, 0.5) is 0 Å². The van der Waals surface area contributed by atoms with E-state index in [0.29, 0.717) is 24.9 Å². The van der Waals surface area contributed by atoms with Crippen molar-refractivity contribution < 1.29 is 24.0 Å². The number of hydrazine groups is 1. The van der Waals surface area contributed by atoms with Gasteiger partial charge in [-0.3, -0.25) is 24.0 Å². The molecule has 0 heterocycles. The van der Waals surface area contributed by atoms with Crippen molar-refractivity contribution in [3.8, 4) is 0 Å². The third-order valence-corrected chi connectivity index (χ3v) is 5.19. The predicted octanol–water partition coefficient (Wildman–Crippen LogP) is 1.82. The molecule has 0 rings (SSSR count). The van der Waals surface area contributed by atoms with E-state index < -0.39 is 23.8 Å². The molecule has 0 saturated heterocycles. The molecule has 0 bridgehead atoms. The summed E-state index contributed by atoms with van der Waals surface area (Å²) in [7, 11) is 0. The molecule has 0 fully saturated rings. The lowest BCUT2D eigenvalue weighted by Gasteiger charge is -2.26. The van der Waals surface area contributed by atoms with Crippen LogP contribution in [-0.4, -0.2) is 54.3 Å². The number of carbonyl (C=O) groups excluding carboxylic acids is 4. The maximum Gasteiger partial charge on any atom is 0.236 e. The molecule has 0 aromatic heterocycles. The van der Waals surface area contributed by atoms with Gasteiger partial charge in [0.05, 0.1) is 32.2 Å². The van der Waals surface area contributed by atoms with Gasteiger partial charge in [-0.15, -0.1) is 5.59 Å². The van der Waals surface area contributed by atoms with Crippen molar-refractivity contribution in [2.24, 2.45) is 23.3 Å². The molecule has 0 aliphatic rings. The molecule has 0 saturated carbocycles. The molecule has 194 valence electrons. The van der Waals surface area contributed by atoms with Crippen molar-refractivity contribution >= 4 is 23.5 Å². The summed E-state index contributed by atoms with van der Waals surface area (Å²) in [4.78, 5) is 53.0. The minimum atomic E-state index is -0.993. The first kappa shape index (κ1) is 33.1. The van der Waals surface area contributed by atoms with Gasteiger partial charge in [0, 0.05) is 6.42 Å². The number of nitrogens with zero attached hydrogens (tertiary/aromatic N) is 1. The van der Waals surface area contributed by atoms with Gasteiger partial charge in [0.25, 0.3) is 0 Å². The van der Waals surface area contributed by atoms with Gasteiger partial charge in [-0.2, -0.15) is 0 Å². The molecule has 10 nitrogen and oxygen atoms in total. The van der Waals surface area contributed by atoms with Gasteiger partial charge < -0.3 is 16.8 Å². The number of nitrogens with one attached hydrogen (secondary N) is 2. The van der Waals surface area contributed by atoms with Crippen molar-refractivity contribution in [3.63, 3.8) is 0 Å². The summed E-state index contributed by atoms with van der Waals surface area (Å²) in [5.74, 6) is -1.33. The zero-order valence-corrected chi connectivity index (χ0v) is 21.4. The highest BCUT2D eigenvalue weighted by Gasteiger charge is 2.24. The quantitative estimate of drug-likeness (QED) is 0.208. The van der Waals surface area contributed by atoms with Crippen LogP contribution in [0.3, 0.4) is 0 Å². The van der Waals surface area contributed by atoms with E-state index in [9.17, 15) is 19.2 Å². The maximum atomic E-state index is 12.5. The molecule has 0 aliphatic carbocycles. The summed E-state index contributed by atoms with van der Waals surface area (Å²) >= 11 is 0. The Balaban J connectivity index is 0. The summed E-state index contributed by atoms with van der Waals surface area (Å²) in [6.45, 7) is 12.2. The Hall–Kier alpha value is -2.04. The van der Waals surface area contributed by atoms with E-state index in [2.05, 4.69) is 31.7 Å². The largest absolute Gasteiger partial charge is 0.370 e. The Morgan fingerprint density at radius 3 is 2.09 bits per heavy atom. The smallest absolute Gasteiger partial charge is 0.236 e. The number of nitrogens with two attached hydrogens (primary N) is 2. The Labute approximate surface area is 199 Å². The van der Waals surface area contributed by atoms with E-state index in [1.807, 2.05) is 20.8 Å². The number of hydrogen-bond acceptors (Lipinski definition) is 7. The van der Waals surface area contributed by atoms with Crippen LogP contribution in [0.15, 0.2) is 0 Å². The Bertz CT molecular complexity index is 573. The van der Waals surface area contributed by atoms with Crippen molar-refractivity contribution in [1.29, 1.82) is 0 Å². The Kier molecular flexibility index (Phi) is 20.6. The maximum absolute atomic E-state index is 12.5. The minimum absolute atomic E-state index is 0.246. The van der Waals surface area contributed by atoms with Crippen LogP contribution < -0.4 is 22.4 Å². The predicted molar refractivity (Wildman–Crippen MR) is 129 cm³/mol. The number of primary amides is 2. The summed E-state index contributed by atoms with van der Waals surface area (Å²) < 4.78 is 0. The molecule has 0 radical (unpaired) electrons. The number of unbranched alkanes of at least 4 members (excludes halogenated alkanes) is 1. The van der Waals surface area contributed by atoms with Crippen molar-refractivity contribution in [2.75, 3.05) is 19.7 Å². The molecule has 3 atom stereocenters. The molecule has 0 spiro atoms. The van der Waals surface area contributed by atoms with Gasteiger partial charge in [0.15, 0.2) is 5.78 Å². The normalized spacial score (nSPS) is 13.4. The highest BCUT2D eigenvalue weighted by atomic mass is 16.7. The average molecular weight is 474 g/mol. The van der Waals surface area contributed by atoms with Crippen LogP contribution in [-0.2, 0) is 24.0 Å². The molecule has 3 amide bonds. The molecular formula is C23H47N5O5. The zero-order valence-electron chi connectivity index (χ0n) is 21.4. The van der Waals surface area contributed by atoms with Crippen molar-refractivity contribution in [1.82, 2.24) is 15.9 Å². The number of Topliss-reactive ketones (excluding diaryl/α,β-unsaturated/α-hetero) is 1. The lowest BCUT2D eigenvalue weighted by molar-refractivity contribution is -0.141. The van der Waals surface area contributed by atoms with Crippen LogP contribution in [0, 0.1) is 11.8 Å². The Morgan fingerprint density at radius 2 is 1.61 bits per heavy atom. The second-order valence-electron chi connectivity index (χ2n) is 8.02. The first-order valence-corrected chi connectivity index (χ1v) is 12.1. The van der Waals surface area contributed by atoms with E-state index in [1.54, 1.807) is 0 Å². The summed E-state index contributed by atoms with van der Waals surface area (Å²) in [6, 6.07) is -0.993. The van der Waals surface area contributed by atoms with Crippen LogP contribution in [0.25, 0.3) is 0 Å². The number of amides is 3. The first-order chi connectivity index (χ1) is 15.6. The van der Waals surface area contributed by atoms with Gasteiger partial charge in [-0.25, -0.2) is 5.01 Å². The fourth-order valence-electron chi connectivity index (χ4n) is 3.17. The monoisotopic (exact) mass is 473 g/mol. The standard InChI is InChI=1S/C21H41N5O5.C2H6/c1-5-8-10-18(27)17(11-19(22)28)24-21(30)13-26(12-20(23)29)25-31-14-16(9-6-2)15(4)7-3;1-2/h15-17,25H,5-14H2,1-4H3,(H2,22,28)(H2,23,29)(H,24,30);1-2H3. The molecule has 0 aliphatic heterocycles. The number of rotatable bonds is 19. The summed E-state index contributed by atoms with van der Waals surface area (Å²) in [5, 5.41) is 3.76. The summed E-state index contributed by atoms with van der Waals surface area (Å²) in [5.41, 5.74) is 13.1. The van der Waals surface area contributed by atoms with E-state index >= 15 is 0 Å². The van der Waals surface area contributed by atoms with Crippen LogP contribution >= 0.6 is 0 Å². The molecular weight excluding hydrogens is 426 g/mol. The van der Waals surface area contributed by atoms with Gasteiger partial charge >= 0.3 is 0 Å². The lowest BCUT2D eigenvalue weighted by atomic mass is 9.89. The average Bonchev–Trinajstić information content (AvgIpc) is 2.76. The third kappa shape index (κ3) is 17.1. The molecule has 10 heteroatoms. The fraction of sp³-hybridized carbons (Fsp3) is 0.826. The first-order valence-electron chi connectivity index (χ1n) is 12.1. The van der Waals surface area contributed by atoms with Crippen molar-refractivity contribution in [2.45, 2.75) is 92.5 Å². The van der Waals surface area contributed by atoms with E-state index in [1.165, 1.54) is 5.01 Å². The SMILES string of the molecule is CC.CCCCC(=O)C(CC(N)=O)NC(=O)CN(CC(N)=O)NOCC(CCC)C(C)CC. The van der Waals surface area contributed by atoms with Crippen LogP contribution in [0.2, 0.25) is 0 Å². The highest BCUT2D eigenvalue weighted by Crippen LogP contribution is 2.20. The zero-order chi connectivity index (χ0) is 25.8. The molecule has 0 aromatic rings. The Morgan fingerprint density at radius 1 is 0.970 bits per heavy atom. The fourth-order valence-corrected chi connectivity index (χ4v) is 3.17. The van der Waals surface area contributed by atoms with Gasteiger partial charge in [-0.05, 0) is 24.7 Å². The minimum Gasteiger partial charge on any atom is -0.370 e. The van der Waals surface area contributed by atoms with Gasteiger partial charge in [-0.1, -0.05) is 60.8 Å². The molecule has 33 heavy (non-hydrogen) atoms. The highest BCUT2D eigenvalue weighted by molar-refractivity contribution is 5.93. The molecule has 6 N–H and O–H groups in total. The van der Waals surface area contributed by atoms with Crippen LogP contribution in [0.1, 0.15) is 86.5 Å². The van der Waals surface area contributed by atoms with Gasteiger partial charge in [0.2, 0.25) is 17.7 Å². The third-order valence-electron chi connectivity index (χ3n) is 5.19. The number of ketones is 1. The second kappa shape index (κ2) is 20.6. The number of hydrogen-bond donors (Lipinski definition) is 4. The second-order valence-corrected chi connectivity index (χ2v) is 8.02. The molecule has 0 aromatic carbocycles. The van der Waals surface area contributed by atoms with E-state index in [4.69, 9.17) is 16.3 Å². The van der Waals surface area contributed by atoms with Gasteiger partial charge in [0.1, 0.15) is 0 Å². The lowest BCUT2D eigenvalue weighted by Crippen LogP contribution is -2.52.